The second kappa shape index (κ2) is 9.31. The zero-order valence-electron chi connectivity index (χ0n) is 16.2. The molecule has 1 unspecified atom stereocenters. The molecule has 2 aliphatic rings. The number of benzene rings is 2. The predicted octanol–water partition coefficient (Wildman–Crippen LogP) is 3.40. The van der Waals surface area contributed by atoms with Crippen LogP contribution in [0.5, 0.6) is 0 Å². The standard InChI is InChI=1S/C22H27N3OS.ClH/c1-27-15-10-20(23)22(26)25-13-11-24(12-14-25)21-18-8-4-2-6-16(18)17-7-3-5-9-19(17)21;/h2-9,20-21H,10-15,23H2,1H3;1H. The van der Waals surface area contributed by atoms with Crippen molar-refractivity contribution in [1.82, 2.24) is 9.80 Å². The van der Waals surface area contributed by atoms with E-state index in [4.69, 9.17) is 5.73 Å². The van der Waals surface area contributed by atoms with E-state index in [1.807, 2.05) is 11.2 Å². The fourth-order valence-corrected chi connectivity index (χ4v) is 4.82. The van der Waals surface area contributed by atoms with Crippen LogP contribution in [-0.2, 0) is 4.79 Å². The summed E-state index contributed by atoms with van der Waals surface area (Å²) in [6.07, 6.45) is 2.80. The topological polar surface area (TPSA) is 49.6 Å². The fourth-order valence-electron chi connectivity index (χ4n) is 4.33. The van der Waals surface area contributed by atoms with Gasteiger partial charge in [-0.3, -0.25) is 9.69 Å². The number of fused-ring (bicyclic) bond motifs is 3. The monoisotopic (exact) mass is 417 g/mol. The van der Waals surface area contributed by atoms with E-state index in [1.54, 1.807) is 11.8 Å². The number of amides is 1. The van der Waals surface area contributed by atoms with Crippen molar-refractivity contribution in [1.29, 1.82) is 0 Å². The maximum Gasteiger partial charge on any atom is 0.239 e. The summed E-state index contributed by atoms with van der Waals surface area (Å²) < 4.78 is 0. The predicted molar refractivity (Wildman–Crippen MR) is 120 cm³/mol. The minimum atomic E-state index is -0.364. The summed E-state index contributed by atoms with van der Waals surface area (Å²) in [7, 11) is 0. The molecule has 2 aromatic carbocycles. The number of hydrogen-bond donors (Lipinski definition) is 1. The van der Waals surface area contributed by atoms with E-state index in [2.05, 4.69) is 53.4 Å². The van der Waals surface area contributed by atoms with Crippen molar-refractivity contribution in [2.45, 2.75) is 18.5 Å². The number of piperazine rings is 1. The first-order chi connectivity index (χ1) is 13.2. The van der Waals surface area contributed by atoms with Crippen molar-refractivity contribution in [3.63, 3.8) is 0 Å². The molecule has 150 valence electrons. The molecule has 0 radical (unpaired) electrons. The molecule has 1 aliphatic heterocycles. The number of nitrogens with two attached hydrogens (primary N) is 1. The van der Waals surface area contributed by atoms with Gasteiger partial charge in [-0.2, -0.15) is 11.8 Å². The van der Waals surface area contributed by atoms with Crippen molar-refractivity contribution in [3.8, 4) is 11.1 Å². The molecule has 4 nitrogen and oxygen atoms in total. The summed E-state index contributed by atoms with van der Waals surface area (Å²) in [5, 5.41) is 0. The Labute approximate surface area is 177 Å². The highest BCUT2D eigenvalue weighted by atomic mass is 35.5. The lowest BCUT2D eigenvalue weighted by Gasteiger charge is -2.39. The number of carbonyl (C=O) groups is 1. The van der Waals surface area contributed by atoms with E-state index >= 15 is 0 Å². The smallest absolute Gasteiger partial charge is 0.239 e. The maximum atomic E-state index is 12.6. The normalized spacial score (nSPS) is 17.6. The Hall–Kier alpha value is -1.53. The highest BCUT2D eigenvalue weighted by Gasteiger charge is 2.35. The van der Waals surface area contributed by atoms with Gasteiger partial charge in [-0.25, -0.2) is 0 Å². The lowest BCUT2D eigenvalue weighted by atomic mass is 10.0. The third-order valence-electron chi connectivity index (χ3n) is 5.74. The quantitative estimate of drug-likeness (QED) is 0.809. The van der Waals surface area contributed by atoms with Gasteiger partial charge in [0.1, 0.15) is 0 Å². The van der Waals surface area contributed by atoms with Crippen molar-refractivity contribution in [3.05, 3.63) is 59.7 Å². The molecule has 4 rings (SSSR count). The molecule has 6 heteroatoms. The van der Waals surface area contributed by atoms with Crippen LogP contribution in [0.15, 0.2) is 48.5 Å². The molecule has 0 saturated carbocycles. The summed E-state index contributed by atoms with van der Waals surface area (Å²) in [6.45, 7) is 3.28. The van der Waals surface area contributed by atoms with Crippen molar-refractivity contribution in [2.24, 2.45) is 5.73 Å². The van der Waals surface area contributed by atoms with Crippen LogP contribution in [0.1, 0.15) is 23.6 Å². The van der Waals surface area contributed by atoms with Gasteiger partial charge in [0.2, 0.25) is 5.91 Å². The van der Waals surface area contributed by atoms with Crippen LogP contribution in [-0.4, -0.2) is 59.9 Å². The van der Waals surface area contributed by atoms with E-state index in [-0.39, 0.29) is 24.4 Å². The highest BCUT2D eigenvalue weighted by molar-refractivity contribution is 7.98. The molecular weight excluding hydrogens is 390 g/mol. The van der Waals surface area contributed by atoms with Gasteiger partial charge in [0.15, 0.2) is 0 Å². The number of nitrogens with zero attached hydrogens (tertiary/aromatic N) is 2. The van der Waals surface area contributed by atoms with Crippen LogP contribution in [0.2, 0.25) is 0 Å². The molecule has 1 aliphatic carbocycles. The first kappa shape index (κ1) is 21.2. The minimum Gasteiger partial charge on any atom is -0.339 e. The van der Waals surface area contributed by atoms with Crippen molar-refractivity contribution in [2.75, 3.05) is 38.2 Å². The number of carbonyl (C=O) groups excluding carboxylic acids is 1. The largest absolute Gasteiger partial charge is 0.339 e. The second-order valence-corrected chi connectivity index (χ2v) is 8.31. The number of thioether (sulfide) groups is 1. The molecule has 2 N–H and O–H groups in total. The molecular formula is C22H28ClN3OS. The first-order valence-corrected chi connectivity index (χ1v) is 11.1. The summed E-state index contributed by atoms with van der Waals surface area (Å²) in [4.78, 5) is 17.1. The van der Waals surface area contributed by atoms with Gasteiger partial charge in [-0.05, 0) is 40.7 Å². The third-order valence-corrected chi connectivity index (χ3v) is 6.39. The number of hydrogen-bond acceptors (Lipinski definition) is 4. The zero-order valence-corrected chi connectivity index (χ0v) is 17.8. The number of halogens is 1. The van der Waals surface area contributed by atoms with E-state index in [1.165, 1.54) is 22.3 Å². The van der Waals surface area contributed by atoms with Crippen LogP contribution in [0.4, 0.5) is 0 Å². The molecule has 0 aromatic heterocycles. The third kappa shape index (κ3) is 3.94. The Balaban J connectivity index is 0.00000225. The Kier molecular flexibility index (Phi) is 7.05. The van der Waals surface area contributed by atoms with Gasteiger partial charge in [0.05, 0.1) is 12.1 Å². The molecule has 1 atom stereocenters. The summed E-state index contributed by atoms with van der Waals surface area (Å²) in [6, 6.07) is 17.3. The van der Waals surface area contributed by atoms with E-state index in [0.717, 1.165) is 38.4 Å². The SMILES string of the molecule is CSCCC(N)C(=O)N1CCN(C2c3ccccc3-c3ccccc32)CC1.Cl. The summed E-state index contributed by atoms with van der Waals surface area (Å²) >= 11 is 1.74. The van der Waals surface area contributed by atoms with Crippen molar-refractivity contribution >= 4 is 30.1 Å². The molecule has 1 heterocycles. The summed E-state index contributed by atoms with van der Waals surface area (Å²) in [5.41, 5.74) is 11.6. The van der Waals surface area contributed by atoms with Crippen molar-refractivity contribution < 1.29 is 4.79 Å². The molecule has 1 amide bonds. The zero-order chi connectivity index (χ0) is 18.8. The van der Waals surface area contributed by atoms with E-state index < -0.39 is 0 Å². The van der Waals surface area contributed by atoms with Gasteiger partial charge in [0, 0.05) is 26.2 Å². The highest BCUT2D eigenvalue weighted by Crippen LogP contribution is 2.46. The van der Waals surface area contributed by atoms with Gasteiger partial charge < -0.3 is 10.6 Å². The van der Waals surface area contributed by atoms with Crippen LogP contribution in [0.3, 0.4) is 0 Å². The maximum absolute atomic E-state index is 12.6. The van der Waals surface area contributed by atoms with E-state index in [9.17, 15) is 4.79 Å². The number of rotatable bonds is 5. The van der Waals surface area contributed by atoms with Crippen LogP contribution < -0.4 is 5.73 Å². The Morgan fingerprint density at radius 2 is 1.57 bits per heavy atom. The molecule has 0 bridgehead atoms. The average molecular weight is 418 g/mol. The lowest BCUT2D eigenvalue weighted by Crippen LogP contribution is -2.53. The second-order valence-electron chi connectivity index (χ2n) is 7.33. The van der Waals surface area contributed by atoms with Crippen LogP contribution in [0.25, 0.3) is 11.1 Å². The minimum absolute atomic E-state index is 0. The molecule has 0 spiro atoms. The van der Waals surface area contributed by atoms with Crippen LogP contribution in [0, 0.1) is 0 Å². The van der Waals surface area contributed by atoms with Gasteiger partial charge >= 0.3 is 0 Å². The summed E-state index contributed by atoms with van der Waals surface area (Å²) in [5.74, 6) is 1.04. The van der Waals surface area contributed by atoms with Crippen LogP contribution >= 0.6 is 24.2 Å². The van der Waals surface area contributed by atoms with Gasteiger partial charge in [0.25, 0.3) is 0 Å². The Morgan fingerprint density at radius 3 is 2.11 bits per heavy atom. The lowest BCUT2D eigenvalue weighted by molar-refractivity contribution is -0.134. The molecule has 1 fully saturated rings. The molecule has 28 heavy (non-hydrogen) atoms. The van der Waals surface area contributed by atoms with E-state index in [0.29, 0.717) is 6.04 Å². The first-order valence-electron chi connectivity index (χ1n) is 9.66. The molecule has 1 saturated heterocycles. The fraction of sp³-hybridized carbons (Fsp3) is 0.409. The van der Waals surface area contributed by atoms with Gasteiger partial charge in [-0.1, -0.05) is 48.5 Å². The Bertz CT molecular complexity index is 777. The average Bonchev–Trinajstić information content (AvgIpc) is 3.06. The van der Waals surface area contributed by atoms with Gasteiger partial charge in [-0.15, -0.1) is 12.4 Å². The Morgan fingerprint density at radius 1 is 1.04 bits per heavy atom. The molecule has 2 aromatic rings.